The van der Waals surface area contributed by atoms with Gasteiger partial charge in [-0.25, -0.2) is 14.3 Å². The van der Waals surface area contributed by atoms with E-state index in [1.54, 1.807) is 6.92 Å². The Hall–Kier alpha value is -2.79. The Morgan fingerprint density at radius 2 is 1.90 bits per heavy atom. The number of esters is 1. The highest BCUT2D eigenvalue weighted by Gasteiger charge is 2.41. The number of hydrogen-bond acceptors (Lipinski definition) is 5. The normalized spacial score (nSPS) is 11.9. The number of aromatic nitrogens is 2. The van der Waals surface area contributed by atoms with Crippen LogP contribution in [0.15, 0.2) is 30.5 Å². The Balaban J connectivity index is 0.00000420. The first-order valence-corrected chi connectivity index (χ1v) is 8.37. The third-order valence-corrected chi connectivity index (χ3v) is 3.63. The highest BCUT2D eigenvalue weighted by molar-refractivity contribution is 5.91. The predicted octanol–water partition coefficient (Wildman–Crippen LogP) is 2.96. The fourth-order valence-electron chi connectivity index (χ4n) is 2.31. The number of hydrogen-bond donors (Lipinski definition) is 3. The number of nitrogens with two attached hydrogens (primary N) is 1. The molecule has 0 aliphatic rings. The van der Waals surface area contributed by atoms with Crippen LogP contribution in [0.1, 0.15) is 29.9 Å². The molecule has 0 bridgehead atoms. The van der Waals surface area contributed by atoms with Crippen LogP contribution >= 0.6 is 12.4 Å². The molecule has 4 N–H and O–H groups in total. The molecule has 1 aromatic carbocycles. The largest absolute Gasteiger partial charge is 0.462 e. The van der Waals surface area contributed by atoms with Crippen molar-refractivity contribution < 1.29 is 27.5 Å². The van der Waals surface area contributed by atoms with E-state index in [1.807, 2.05) is 0 Å². The molecule has 0 unspecified atom stereocenters. The molecule has 1 heterocycles. The third kappa shape index (κ3) is 6.09. The van der Waals surface area contributed by atoms with Gasteiger partial charge in [0, 0.05) is 18.3 Å². The molecule has 0 aliphatic heterocycles. The van der Waals surface area contributed by atoms with Crippen LogP contribution in [0.25, 0.3) is 5.69 Å². The van der Waals surface area contributed by atoms with E-state index >= 15 is 0 Å². The van der Waals surface area contributed by atoms with Crippen LogP contribution in [0, 0.1) is 0 Å². The Morgan fingerprint density at radius 3 is 2.41 bits per heavy atom. The second-order valence-corrected chi connectivity index (χ2v) is 5.82. The van der Waals surface area contributed by atoms with E-state index in [4.69, 9.17) is 5.73 Å². The number of nitrogens with zero attached hydrogens (tertiary/aromatic N) is 2. The van der Waals surface area contributed by atoms with Crippen LogP contribution in [0.3, 0.4) is 0 Å². The van der Waals surface area contributed by atoms with Crippen LogP contribution in [0.2, 0.25) is 0 Å². The quantitative estimate of drug-likeness (QED) is 0.604. The molecular formula is C17H21ClF3N5O3. The zero-order chi connectivity index (χ0) is 20.9. The van der Waals surface area contributed by atoms with Crippen molar-refractivity contribution in [3.8, 4) is 5.69 Å². The van der Waals surface area contributed by atoms with Crippen molar-refractivity contribution in [2.75, 3.05) is 18.5 Å². The van der Waals surface area contributed by atoms with E-state index in [2.05, 4.69) is 20.5 Å². The summed E-state index contributed by atoms with van der Waals surface area (Å²) in [5.41, 5.74) is 3.92. The number of carbonyl (C=O) groups excluding carboxylic acids is 2. The third-order valence-electron chi connectivity index (χ3n) is 3.63. The highest BCUT2D eigenvalue weighted by Crippen LogP contribution is 2.34. The molecule has 160 valence electrons. The number of rotatable bonds is 6. The van der Waals surface area contributed by atoms with Gasteiger partial charge in [-0.15, -0.1) is 12.4 Å². The Labute approximate surface area is 171 Å². The number of amides is 2. The number of ether oxygens (including phenoxy) is 1. The topological polar surface area (TPSA) is 111 Å². The molecule has 0 aliphatic carbocycles. The van der Waals surface area contributed by atoms with Crippen molar-refractivity contribution in [2.24, 2.45) is 5.73 Å². The maximum Gasteiger partial charge on any atom is 0.434 e. The lowest BCUT2D eigenvalue weighted by atomic mass is 10.2. The number of benzene rings is 1. The first kappa shape index (κ1) is 24.2. The maximum absolute atomic E-state index is 13.5. The Bertz CT molecular complexity index is 840. The monoisotopic (exact) mass is 435 g/mol. The average Bonchev–Trinajstić information content (AvgIpc) is 3.08. The number of anilines is 1. The SMILES string of the molecule is CCOC(=O)c1cnn(-c2ccc(NC(=O)N[C@H](C)CN)cc2)c1C(F)(F)F.Cl. The van der Waals surface area contributed by atoms with Crippen molar-refractivity contribution in [1.29, 1.82) is 0 Å². The van der Waals surface area contributed by atoms with Gasteiger partial charge in [-0.05, 0) is 38.1 Å². The molecule has 1 atom stereocenters. The lowest BCUT2D eigenvalue weighted by molar-refractivity contribution is -0.143. The summed E-state index contributed by atoms with van der Waals surface area (Å²) in [6.45, 7) is 3.41. The van der Waals surface area contributed by atoms with Crippen LogP contribution in [0.4, 0.5) is 23.7 Å². The molecule has 0 radical (unpaired) electrons. The van der Waals surface area contributed by atoms with Crippen LogP contribution < -0.4 is 16.4 Å². The smallest absolute Gasteiger partial charge is 0.434 e. The van der Waals surface area contributed by atoms with Gasteiger partial charge in [-0.2, -0.15) is 18.3 Å². The van der Waals surface area contributed by atoms with E-state index in [-0.39, 0.29) is 37.3 Å². The number of urea groups is 1. The minimum absolute atomic E-state index is 0. The molecule has 29 heavy (non-hydrogen) atoms. The van der Waals surface area contributed by atoms with Crippen molar-refractivity contribution in [3.63, 3.8) is 0 Å². The fourth-order valence-corrected chi connectivity index (χ4v) is 2.31. The molecule has 0 spiro atoms. The molecule has 0 saturated carbocycles. The predicted molar refractivity (Wildman–Crippen MR) is 102 cm³/mol. The van der Waals surface area contributed by atoms with E-state index < -0.39 is 29.4 Å². The van der Waals surface area contributed by atoms with Gasteiger partial charge in [-0.3, -0.25) is 0 Å². The molecule has 0 fully saturated rings. The highest BCUT2D eigenvalue weighted by atomic mass is 35.5. The summed E-state index contributed by atoms with van der Waals surface area (Å²) in [6, 6.07) is 4.75. The standard InChI is InChI=1S/C17H20F3N5O3.ClH/c1-3-28-15(26)13-9-22-25(14(13)17(18,19)20)12-6-4-11(5-7-12)24-16(27)23-10(2)8-21;/h4-7,9-10H,3,8,21H2,1-2H3,(H2,23,24,27);1H/t10-;/m1./s1. The van der Waals surface area contributed by atoms with Crippen molar-refractivity contribution in [1.82, 2.24) is 15.1 Å². The van der Waals surface area contributed by atoms with E-state index in [0.29, 0.717) is 10.4 Å². The molecule has 8 nitrogen and oxygen atoms in total. The molecule has 12 heteroatoms. The van der Waals surface area contributed by atoms with Crippen molar-refractivity contribution >= 4 is 30.1 Å². The molecule has 1 aromatic heterocycles. The Morgan fingerprint density at radius 1 is 1.28 bits per heavy atom. The number of carbonyl (C=O) groups is 2. The number of alkyl halides is 3. The summed E-state index contributed by atoms with van der Waals surface area (Å²) in [7, 11) is 0. The van der Waals surface area contributed by atoms with Gasteiger partial charge >= 0.3 is 18.2 Å². The van der Waals surface area contributed by atoms with E-state index in [1.165, 1.54) is 31.2 Å². The maximum atomic E-state index is 13.5. The molecule has 2 amide bonds. The summed E-state index contributed by atoms with van der Waals surface area (Å²) in [5.74, 6) is -1.11. The minimum Gasteiger partial charge on any atom is -0.462 e. The lowest BCUT2D eigenvalue weighted by Gasteiger charge is -2.14. The lowest BCUT2D eigenvalue weighted by Crippen LogP contribution is -2.40. The average molecular weight is 436 g/mol. The second kappa shape index (κ2) is 10.1. The summed E-state index contributed by atoms with van der Waals surface area (Å²) >= 11 is 0. The molecule has 2 rings (SSSR count). The summed E-state index contributed by atoms with van der Waals surface area (Å²) in [6.07, 6.45) is -4.01. The van der Waals surface area contributed by atoms with E-state index in [9.17, 15) is 22.8 Å². The summed E-state index contributed by atoms with van der Waals surface area (Å²) in [5, 5.41) is 8.81. The second-order valence-electron chi connectivity index (χ2n) is 5.82. The van der Waals surface area contributed by atoms with E-state index in [0.717, 1.165) is 6.20 Å². The van der Waals surface area contributed by atoms with Crippen molar-refractivity contribution in [3.05, 3.63) is 41.7 Å². The van der Waals surface area contributed by atoms with Crippen molar-refractivity contribution in [2.45, 2.75) is 26.1 Å². The molecular weight excluding hydrogens is 415 g/mol. The van der Waals surface area contributed by atoms with Gasteiger partial charge < -0.3 is 21.1 Å². The summed E-state index contributed by atoms with van der Waals surface area (Å²) < 4.78 is 45.7. The van der Waals surface area contributed by atoms with Gasteiger partial charge in [-0.1, -0.05) is 0 Å². The first-order valence-electron chi connectivity index (χ1n) is 8.37. The van der Waals surface area contributed by atoms with Gasteiger partial charge in [0.2, 0.25) is 0 Å². The number of nitrogens with one attached hydrogen (secondary N) is 2. The minimum atomic E-state index is -4.83. The van der Waals surface area contributed by atoms with Gasteiger partial charge in [0.05, 0.1) is 18.5 Å². The van der Waals surface area contributed by atoms with Gasteiger partial charge in [0.25, 0.3) is 0 Å². The summed E-state index contributed by atoms with van der Waals surface area (Å²) in [4.78, 5) is 23.6. The van der Waals surface area contributed by atoms with Gasteiger partial charge in [0.15, 0.2) is 5.69 Å². The molecule has 2 aromatic rings. The van der Waals surface area contributed by atoms with Crippen LogP contribution in [-0.2, 0) is 10.9 Å². The van der Waals surface area contributed by atoms with Crippen LogP contribution in [-0.4, -0.2) is 41.0 Å². The first-order chi connectivity index (χ1) is 13.2. The Kier molecular flexibility index (Phi) is 8.46. The fraction of sp³-hybridized carbons (Fsp3) is 0.353. The zero-order valence-electron chi connectivity index (χ0n) is 15.6. The van der Waals surface area contributed by atoms with Gasteiger partial charge in [0.1, 0.15) is 5.56 Å². The molecule has 0 saturated heterocycles. The zero-order valence-corrected chi connectivity index (χ0v) is 16.4. The van der Waals surface area contributed by atoms with Crippen LogP contribution in [0.5, 0.6) is 0 Å². The number of halogens is 4.